The second kappa shape index (κ2) is 9.79. The smallest absolute Gasteiger partial charge is 0.228 e. The minimum absolute atomic E-state index is 0.409. The summed E-state index contributed by atoms with van der Waals surface area (Å²) in [5.74, 6) is 2.05. The Labute approximate surface area is 214 Å². The van der Waals surface area contributed by atoms with E-state index in [1.165, 1.54) is 0 Å². The van der Waals surface area contributed by atoms with E-state index in [0.29, 0.717) is 28.7 Å². The number of hydrogen-bond donors (Lipinski definition) is 3. The fraction of sp³-hybridized carbons (Fsp3) is 0.143. The van der Waals surface area contributed by atoms with Gasteiger partial charge in [-0.2, -0.15) is 4.98 Å². The summed E-state index contributed by atoms with van der Waals surface area (Å²) in [7, 11) is 0. The van der Waals surface area contributed by atoms with Gasteiger partial charge in [0, 0.05) is 28.8 Å². The van der Waals surface area contributed by atoms with Crippen LogP contribution in [0.1, 0.15) is 18.4 Å². The molecular formula is C28H24ClN7. The Morgan fingerprint density at radius 3 is 2.81 bits per heavy atom. The van der Waals surface area contributed by atoms with Gasteiger partial charge in [0.05, 0.1) is 11.9 Å². The van der Waals surface area contributed by atoms with Gasteiger partial charge < -0.3 is 16.0 Å². The van der Waals surface area contributed by atoms with E-state index < -0.39 is 0 Å². The third-order valence-electron chi connectivity index (χ3n) is 6.30. The summed E-state index contributed by atoms with van der Waals surface area (Å²) in [6.45, 7) is 0. The van der Waals surface area contributed by atoms with Gasteiger partial charge in [-0.05, 0) is 61.1 Å². The molecule has 3 N–H and O–H groups in total. The van der Waals surface area contributed by atoms with E-state index >= 15 is 0 Å². The monoisotopic (exact) mass is 493 g/mol. The molecule has 2 aromatic heterocycles. The van der Waals surface area contributed by atoms with Crippen LogP contribution in [-0.2, 0) is 6.42 Å². The first-order valence-electron chi connectivity index (χ1n) is 11.9. The van der Waals surface area contributed by atoms with Crippen LogP contribution >= 0.6 is 11.6 Å². The number of aromatic nitrogens is 4. The van der Waals surface area contributed by atoms with Crippen LogP contribution in [0.5, 0.6) is 0 Å². The molecule has 0 saturated heterocycles. The number of rotatable bonds is 3. The first kappa shape index (κ1) is 22.2. The number of nitrogens with one attached hydrogen (secondary N) is 3. The quantitative estimate of drug-likeness (QED) is 0.286. The Hall–Kier alpha value is -4.23. The molecule has 0 radical (unpaired) electrons. The van der Waals surface area contributed by atoms with E-state index in [2.05, 4.69) is 55.2 Å². The van der Waals surface area contributed by atoms with Crippen LogP contribution < -0.4 is 16.0 Å². The van der Waals surface area contributed by atoms with Crippen molar-refractivity contribution in [2.75, 3.05) is 16.0 Å². The first-order valence-corrected chi connectivity index (χ1v) is 12.3. The van der Waals surface area contributed by atoms with Gasteiger partial charge in [0.25, 0.3) is 0 Å². The Morgan fingerprint density at radius 1 is 0.972 bits per heavy atom. The van der Waals surface area contributed by atoms with Gasteiger partial charge in [-0.3, -0.25) is 0 Å². The highest BCUT2D eigenvalue weighted by Gasteiger charge is 2.17. The van der Waals surface area contributed by atoms with Gasteiger partial charge in [0.15, 0.2) is 5.82 Å². The first-order chi connectivity index (χ1) is 17.7. The highest BCUT2D eigenvalue weighted by atomic mass is 35.5. The zero-order valence-electron chi connectivity index (χ0n) is 19.4. The van der Waals surface area contributed by atoms with E-state index in [1.54, 1.807) is 12.4 Å². The van der Waals surface area contributed by atoms with Crippen molar-refractivity contribution < 1.29 is 0 Å². The zero-order valence-corrected chi connectivity index (χ0v) is 20.2. The van der Waals surface area contributed by atoms with Crippen LogP contribution in [0.2, 0.25) is 5.02 Å². The molecule has 36 heavy (non-hydrogen) atoms. The maximum Gasteiger partial charge on any atom is 0.228 e. The lowest BCUT2D eigenvalue weighted by molar-refractivity contribution is 0.581. The summed E-state index contributed by atoms with van der Waals surface area (Å²) in [5.41, 5.74) is 6.06. The van der Waals surface area contributed by atoms with E-state index in [0.717, 1.165) is 53.2 Å². The molecule has 2 aliphatic rings. The predicted molar refractivity (Wildman–Crippen MR) is 145 cm³/mol. The van der Waals surface area contributed by atoms with Crippen LogP contribution in [0.15, 0.2) is 90.9 Å². The average Bonchev–Trinajstić information content (AvgIpc) is 2.91. The number of aryl methyl sites for hydroxylation is 1. The summed E-state index contributed by atoms with van der Waals surface area (Å²) in [6, 6.07) is 18.2. The molecule has 0 spiro atoms. The fourth-order valence-corrected chi connectivity index (χ4v) is 4.62. The Kier molecular flexibility index (Phi) is 6.05. The highest BCUT2D eigenvalue weighted by molar-refractivity contribution is 6.32. The van der Waals surface area contributed by atoms with Crippen molar-refractivity contribution in [2.24, 2.45) is 5.92 Å². The Balaban J connectivity index is 1.34. The standard InChI is InChI=1S/C28H24ClN7/c29-23-17-31-28-33-21-8-4-5-18(15-21)9-10-20-16-22(32-26(23)36-28)11-12-24(20)34-27-30-14-13-25(35-27)19-6-2-1-3-7-19/h1-8,11-14,16-18H,9-10,15H2,(H,30,34,35)(H2,31,32,33,36). The lowest BCUT2D eigenvalue weighted by Gasteiger charge is -2.20. The minimum Gasteiger partial charge on any atom is -0.339 e. The van der Waals surface area contributed by atoms with Crippen LogP contribution in [0.25, 0.3) is 11.3 Å². The van der Waals surface area contributed by atoms with Crippen molar-refractivity contribution in [1.29, 1.82) is 0 Å². The van der Waals surface area contributed by atoms with Gasteiger partial charge >= 0.3 is 0 Å². The SMILES string of the molecule is Clc1cnc2nc1Nc1ccc(Nc3nccc(-c4ccccc4)n3)c(c1)CCC1C=CC=C(C1)N2. The molecule has 0 amide bonds. The molecule has 1 aliphatic heterocycles. The van der Waals surface area contributed by atoms with Gasteiger partial charge in [0.2, 0.25) is 11.9 Å². The third kappa shape index (κ3) is 4.92. The van der Waals surface area contributed by atoms with Gasteiger partial charge in [-0.15, -0.1) is 0 Å². The molecule has 7 nitrogen and oxygen atoms in total. The second-order valence-electron chi connectivity index (χ2n) is 8.85. The normalized spacial score (nSPS) is 16.4. The molecule has 0 fully saturated rings. The molecule has 3 heterocycles. The number of benzene rings is 2. The largest absolute Gasteiger partial charge is 0.339 e. The summed E-state index contributed by atoms with van der Waals surface area (Å²) in [5, 5.41) is 10.6. The molecule has 0 saturated carbocycles. The molecule has 8 heteroatoms. The minimum atomic E-state index is 0.409. The number of allylic oxidation sites excluding steroid dienone is 4. The summed E-state index contributed by atoms with van der Waals surface area (Å²) in [4.78, 5) is 18.2. The van der Waals surface area contributed by atoms with E-state index in [1.807, 2.05) is 48.5 Å². The molecule has 2 aromatic carbocycles. The molecule has 1 unspecified atom stereocenters. The number of nitrogens with zero attached hydrogens (tertiary/aromatic N) is 4. The van der Waals surface area contributed by atoms with Crippen LogP contribution in [-0.4, -0.2) is 19.9 Å². The maximum atomic E-state index is 6.40. The van der Waals surface area contributed by atoms with Crippen molar-refractivity contribution in [3.8, 4) is 11.3 Å². The van der Waals surface area contributed by atoms with E-state index in [9.17, 15) is 0 Å². The van der Waals surface area contributed by atoms with Gasteiger partial charge in [-0.1, -0.05) is 54.1 Å². The lowest BCUT2D eigenvalue weighted by Crippen LogP contribution is -2.11. The molecule has 178 valence electrons. The number of fused-ring (bicyclic) bond motifs is 6. The zero-order chi connectivity index (χ0) is 24.3. The highest BCUT2D eigenvalue weighted by Crippen LogP contribution is 2.32. The molecule has 4 aromatic rings. The number of halogens is 1. The predicted octanol–water partition coefficient (Wildman–Crippen LogP) is 6.89. The Bertz CT molecular complexity index is 1470. The van der Waals surface area contributed by atoms with Crippen LogP contribution in [0.3, 0.4) is 0 Å². The lowest BCUT2D eigenvalue weighted by atomic mass is 9.91. The number of anilines is 5. The van der Waals surface area contributed by atoms with Crippen LogP contribution in [0, 0.1) is 5.92 Å². The van der Waals surface area contributed by atoms with Gasteiger partial charge in [-0.25, -0.2) is 15.0 Å². The maximum absolute atomic E-state index is 6.40. The van der Waals surface area contributed by atoms with Crippen molar-refractivity contribution >= 4 is 40.7 Å². The summed E-state index contributed by atoms with van der Waals surface area (Å²) >= 11 is 6.40. The Morgan fingerprint density at radius 2 is 1.89 bits per heavy atom. The average molecular weight is 494 g/mol. The van der Waals surface area contributed by atoms with E-state index in [4.69, 9.17) is 16.6 Å². The fourth-order valence-electron chi connectivity index (χ4n) is 4.48. The topological polar surface area (TPSA) is 87.7 Å². The van der Waals surface area contributed by atoms with Crippen molar-refractivity contribution in [3.05, 3.63) is 102 Å². The summed E-state index contributed by atoms with van der Waals surface area (Å²) < 4.78 is 0. The number of hydrogen-bond acceptors (Lipinski definition) is 7. The van der Waals surface area contributed by atoms with Crippen LogP contribution in [0.4, 0.5) is 29.1 Å². The van der Waals surface area contributed by atoms with Crippen molar-refractivity contribution in [3.63, 3.8) is 0 Å². The van der Waals surface area contributed by atoms with Crippen molar-refractivity contribution in [1.82, 2.24) is 19.9 Å². The second-order valence-corrected chi connectivity index (χ2v) is 9.26. The molecular weight excluding hydrogens is 470 g/mol. The van der Waals surface area contributed by atoms with E-state index in [-0.39, 0.29) is 0 Å². The third-order valence-corrected chi connectivity index (χ3v) is 6.58. The molecule has 1 atom stereocenters. The molecule has 1 aliphatic carbocycles. The summed E-state index contributed by atoms with van der Waals surface area (Å²) in [6.07, 6.45) is 12.6. The molecule has 6 bridgehead atoms. The van der Waals surface area contributed by atoms with Crippen molar-refractivity contribution in [2.45, 2.75) is 19.3 Å². The van der Waals surface area contributed by atoms with Gasteiger partial charge in [0.1, 0.15) is 5.02 Å². The molecule has 6 rings (SSSR count).